The van der Waals surface area contributed by atoms with Crippen LogP contribution in [-0.4, -0.2) is 50.1 Å². The lowest BCUT2D eigenvalue weighted by atomic mass is 10.1. The summed E-state index contributed by atoms with van der Waals surface area (Å²) >= 11 is 0. The number of nitrogens with one attached hydrogen (secondary N) is 2. The first-order valence-electron chi connectivity index (χ1n) is 6.96. The highest BCUT2D eigenvalue weighted by molar-refractivity contribution is 5.94. The quantitative estimate of drug-likeness (QED) is 0.811. The van der Waals surface area contributed by atoms with Gasteiger partial charge in [-0.15, -0.1) is 12.4 Å². The lowest BCUT2D eigenvalue weighted by molar-refractivity contribution is -0.140. The first-order valence-corrected chi connectivity index (χ1v) is 6.96. The van der Waals surface area contributed by atoms with Gasteiger partial charge in [-0.3, -0.25) is 9.69 Å². The van der Waals surface area contributed by atoms with Crippen LogP contribution in [0.2, 0.25) is 0 Å². The summed E-state index contributed by atoms with van der Waals surface area (Å²) in [5.74, 6) is -2.02. The van der Waals surface area contributed by atoms with Gasteiger partial charge in [-0.05, 0) is 18.2 Å². The molecule has 0 bridgehead atoms. The zero-order valence-corrected chi connectivity index (χ0v) is 13.1. The SMILES string of the molecule is Cl.O=C(NCCN1CCNCC1)c1ccc(F)c(C(F)(F)F)c1. The normalized spacial score (nSPS) is 15.8. The molecule has 1 amide bonds. The molecular formula is C14H18ClF4N3O. The molecule has 1 heterocycles. The van der Waals surface area contributed by atoms with Crippen LogP contribution in [0.15, 0.2) is 18.2 Å². The van der Waals surface area contributed by atoms with Crippen molar-refractivity contribution >= 4 is 18.3 Å². The monoisotopic (exact) mass is 355 g/mol. The van der Waals surface area contributed by atoms with E-state index in [1.807, 2.05) is 0 Å². The van der Waals surface area contributed by atoms with Gasteiger partial charge >= 0.3 is 6.18 Å². The number of halogens is 5. The third kappa shape index (κ3) is 5.63. The van der Waals surface area contributed by atoms with E-state index in [9.17, 15) is 22.4 Å². The van der Waals surface area contributed by atoms with Gasteiger partial charge in [0.25, 0.3) is 5.91 Å². The molecule has 1 aromatic rings. The Morgan fingerprint density at radius 1 is 1.26 bits per heavy atom. The van der Waals surface area contributed by atoms with Gasteiger partial charge in [0.05, 0.1) is 5.56 Å². The van der Waals surface area contributed by atoms with Crippen LogP contribution in [-0.2, 0) is 6.18 Å². The molecule has 0 radical (unpaired) electrons. The maximum Gasteiger partial charge on any atom is 0.419 e. The molecule has 1 aliphatic heterocycles. The Morgan fingerprint density at radius 3 is 2.52 bits per heavy atom. The number of carbonyl (C=O) groups is 1. The summed E-state index contributed by atoms with van der Waals surface area (Å²) in [6, 6.07) is 2.24. The maximum atomic E-state index is 13.2. The minimum Gasteiger partial charge on any atom is -0.351 e. The number of hydrogen-bond acceptors (Lipinski definition) is 3. The summed E-state index contributed by atoms with van der Waals surface area (Å²) in [5.41, 5.74) is -1.63. The highest BCUT2D eigenvalue weighted by atomic mass is 35.5. The molecule has 1 aliphatic rings. The van der Waals surface area contributed by atoms with Crippen molar-refractivity contribution in [1.29, 1.82) is 0 Å². The van der Waals surface area contributed by atoms with Gasteiger partial charge in [-0.1, -0.05) is 0 Å². The van der Waals surface area contributed by atoms with Crippen LogP contribution < -0.4 is 10.6 Å². The molecule has 0 aliphatic carbocycles. The van der Waals surface area contributed by atoms with Crippen molar-refractivity contribution in [3.8, 4) is 0 Å². The Kier molecular flexibility index (Phi) is 7.24. The van der Waals surface area contributed by atoms with Crippen molar-refractivity contribution in [2.24, 2.45) is 0 Å². The van der Waals surface area contributed by atoms with Crippen molar-refractivity contribution in [3.05, 3.63) is 35.1 Å². The van der Waals surface area contributed by atoms with E-state index in [1.54, 1.807) is 0 Å². The molecule has 0 saturated carbocycles. The maximum absolute atomic E-state index is 13.2. The summed E-state index contributed by atoms with van der Waals surface area (Å²) in [5, 5.41) is 5.75. The topological polar surface area (TPSA) is 44.4 Å². The van der Waals surface area contributed by atoms with Gasteiger partial charge in [-0.2, -0.15) is 13.2 Å². The van der Waals surface area contributed by atoms with E-state index in [1.165, 1.54) is 0 Å². The molecule has 0 atom stereocenters. The van der Waals surface area contributed by atoms with Crippen molar-refractivity contribution < 1.29 is 22.4 Å². The number of alkyl halides is 3. The first kappa shape index (κ1) is 19.7. The smallest absolute Gasteiger partial charge is 0.351 e. The van der Waals surface area contributed by atoms with E-state index in [0.29, 0.717) is 25.2 Å². The van der Waals surface area contributed by atoms with Crippen molar-refractivity contribution in [2.45, 2.75) is 6.18 Å². The second-order valence-corrected chi connectivity index (χ2v) is 5.04. The molecule has 9 heteroatoms. The van der Waals surface area contributed by atoms with Crippen LogP contribution in [0.25, 0.3) is 0 Å². The zero-order chi connectivity index (χ0) is 16.2. The summed E-state index contributed by atoms with van der Waals surface area (Å²) in [7, 11) is 0. The largest absolute Gasteiger partial charge is 0.419 e. The van der Waals surface area contributed by atoms with E-state index in [2.05, 4.69) is 15.5 Å². The van der Waals surface area contributed by atoms with Gasteiger partial charge in [0, 0.05) is 44.8 Å². The predicted molar refractivity (Wildman–Crippen MR) is 80.3 cm³/mol. The lowest BCUT2D eigenvalue weighted by Gasteiger charge is -2.27. The van der Waals surface area contributed by atoms with Crippen LogP contribution >= 0.6 is 12.4 Å². The molecular weight excluding hydrogens is 338 g/mol. The Balaban J connectivity index is 0.00000264. The van der Waals surface area contributed by atoms with Crippen molar-refractivity contribution in [3.63, 3.8) is 0 Å². The van der Waals surface area contributed by atoms with Gasteiger partial charge in [0.2, 0.25) is 0 Å². The molecule has 130 valence electrons. The first-order chi connectivity index (χ1) is 10.4. The third-order valence-corrected chi connectivity index (χ3v) is 3.46. The summed E-state index contributed by atoms with van der Waals surface area (Å²) in [6.07, 6.45) is -4.82. The van der Waals surface area contributed by atoms with E-state index in [0.717, 1.165) is 32.2 Å². The Hall–Kier alpha value is -1.38. The van der Waals surface area contributed by atoms with Gasteiger partial charge < -0.3 is 10.6 Å². The molecule has 2 rings (SSSR count). The molecule has 2 N–H and O–H groups in total. The zero-order valence-electron chi connectivity index (χ0n) is 12.3. The van der Waals surface area contributed by atoms with Gasteiger partial charge in [0.1, 0.15) is 5.82 Å². The Labute approximate surface area is 137 Å². The molecule has 1 saturated heterocycles. The number of benzene rings is 1. The van der Waals surface area contributed by atoms with Gasteiger partial charge in [-0.25, -0.2) is 4.39 Å². The van der Waals surface area contributed by atoms with Crippen molar-refractivity contribution in [2.75, 3.05) is 39.3 Å². The second kappa shape index (κ2) is 8.47. The summed E-state index contributed by atoms with van der Waals surface area (Å²) < 4.78 is 51.0. The number of amides is 1. The molecule has 0 aromatic heterocycles. The molecule has 1 fully saturated rings. The fourth-order valence-corrected chi connectivity index (χ4v) is 2.25. The molecule has 4 nitrogen and oxygen atoms in total. The van der Waals surface area contributed by atoms with E-state index in [-0.39, 0.29) is 18.0 Å². The Bertz CT molecular complexity index is 533. The fourth-order valence-electron chi connectivity index (χ4n) is 2.25. The number of carbonyl (C=O) groups excluding carboxylic acids is 1. The van der Waals surface area contributed by atoms with Gasteiger partial charge in [0.15, 0.2) is 0 Å². The minimum absolute atomic E-state index is 0. The number of nitrogens with zero attached hydrogens (tertiary/aromatic N) is 1. The van der Waals surface area contributed by atoms with Crippen LogP contribution in [0.3, 0.4) is 0 Å². The van der Waals surface area contributed by atoms with Crippen molar-refractivity contribution in [1.82, 2.24) is 15.5 Å². The average molecular weight is 356 g/mol. The fraction of sp³-hybridized carbons (Fsp3) is 0.500. The number of rotatable bonds is 4. The number of piperazine rings is 1. The highest BCUT2D eigenvalue weighted by Gasteiger charge is 2.34. The summed E-state index contributed by atoms with van der Waals surface area (Å²) in [4.78, 5) is 14.0. The average Bonchev–Trinajstić information content (AvgIpc) is 2.47. The summed E-state index contributed by atoms with van der Waals surface area (Å²) in [6.45, 7) is 4.44. The van der Waals surface area contributed by atoms with Crippen LogP contribution in [0.1, 0.15) is 15.9 Å². The molecule has 1 aromatic carbocycles. The van der Waals surface area contributed by atoms with Crippen LogP contribution in [0, 0.1) is 5.82 Å². The molecule has 0 unspecified atom stereocenters. The molecule has 0 spiro atoms. The second-order valence-electron chi connectivity index (χ2n) is 5.04. The standard InChI is InChI=1S/C14H17F4N3O.ClH/c15-12-2-1-10(9-11(12)14(16,17)18)13(22)20-5-8-21-6-3-19-4-7-21;/h1-2,9,19H,3-8H2,(H,20,22);1H. The molecule has 23 heavy (non-hydrogen) atoms. The predicted octanol–water partition coefficient (Wildman–Crippen LogP) is 1.90. The number of hydrogen-bond donors (Lipinski definition) is 2. The lowest BCUT2D eigenvalue weighted by Crippen LogP contribution is -2.46. The Morgan fingerprint density at radius 2 is 1.91 bits per heavy atom. The highest BCUT2D eigenvalue weighted by Crippen LogP contribution is 2.31. The van der Waals surface area contributed by atoms with E-state index >= 15 is 0 Å². The minimum atomic E-state index is -4.82. The van der Waals surface area contributed by atoms with Crippen LogP contribution in [0.4, 0.5) is 17.6 Å². The van der Waals surface area contributed by atoms with Crippen LogP contribution in [0.5, 0.6) is 0 Å². The third-order valence-electron chi connectivity index (χ3n) is 3.46. The van der Waals surface area contributed by atoms with E-state index < -0.39 is 23.5 Å². The van der Waals surface area contributed by atoms with E-state index in [4.69, 9.17) is 0 Å².